The van der Waals surface area contributed by atoms with Gasteiger partial charge in [0.05, 0.1) is 5.02 Å². The van der Waals surface area contributed by atoms with E-state index < -0.39 is 0 Å². The van der Waals surface area contributed by atoms with Crippen LogP contribution in [-0.2, 0) is 0 Å². The van der Waals surface area contributed by atoms with E-state index in [2.05, 4.69) is 25.9 Å². The highest BCUT2D eigenvalue weighted by Gasteiger charge is 2.27. The van der Waals surface area contributed by atoms with Gasteiger partial charge < -0.3 is 4.74 Å². The lowest BCUT2D eigenvalue weighted by molar-refractivity contribution is 0.458. The zero-order chi connectivity index (χ0) is 13.4. The number of hydrogen-bond donors (Lipinski definition) is 0. The molecule has 1 aliphatic carbocycles. The smallest absolute Gasteiger partial charge is 0.223 e. The van der Waals surface area contributed by atoms with Gasteiger partial charge in [0.15, 0.2) is 0 Å². The van der Waals surface area contributed by atoms with Gasteiger partial charge in [-0.3, -0.25) is 0 Å². The van der Waals surface area contributed by atoms with Crippen molar-refractivity contribution in [2.45, 2.75) is 18.8 Å². The molecular formula is C13H9BrCl2N2O. The minimum Gasteiger partial charge on any atom is -0.437 e. The van der Waals surface area contributed by atoms with E-state index in [4.69, 9.17) is 27.9 Å². The Morgan fingerprint density at radius 3 is 2.68 bits per heavy atom. The van der Waals surface area contributed by atoms with Crippen LogP contribution in [0.5, 0.6) is 11.6 Å². The first kappa shape index (κ1) is 13.2. The highest BCUT2D eigenvalue weighted by atomic mass is 79.9. The summed E-state index contributed by atoms with van der Waals surface area (Å²) in [5.74, 6) is 2.21. The molecule has 1 aromatic carbocycles. The summed E-state index contributed by atoms with van der Waals surface area (Å²) >= 11 is 15.4. The molecule has 0 N–H and O–H groups in total. The maximum Gasteiger partial charge on any atom is 0.223 e. The van der Waals surface area contributed by atoms with Crippen LogP contribution >= 0.6 is 39.1 Å². The van der Waals surface area contributed by atoms with Crippen LogP contribution in [0.4, 0.5) is 0 Å². The highest BCUT2D eigenvalue weighted by Crippen LogP contribution is 2.40. The molecule has 2 aromatic rings. The molecule has 1 aromatic heterocycles. The van der Waals surface area contributed by atoms with Crippen LogP contribution in [0.2, 0.25) is 10.0 Å². The van der Waals surface area contributed by atoms with Crippen LogP contribution in [0.1, 0.15) is 24.6 Å². The first-order valence-corrected chi connectivity index (χ1v) is 7.34. The van der Waals surface area contributed by atoms with E-state index in [0.29, 0.717) is 32.2 Å². The van der Waals surface area contributed by atoms with Gasteiger partial charge in [-0.1, -0.05) is 23.2 Å². The molecule has 0 saturated heterocycles. The predicted octanol–water partition coefficient (Wildman–Crippen LogP) is 5.22. The summed E-state index contributed by atoms with van der Waals surface area (Å²) < 4.78 is 6.40. The van der Waals surface area contributed by atoms with Gasteiger partial charge in [0.2, 0.25) is 5.88 Å². The maximum atomic E-state index is 6.06. The number of benzene rings is 1. The molecule has 0 aliphatic heterocycles. The Bertz CT molecular complexity index is 632. The van der Waals surface area contributed by atoms with Crippen molar-refractivity contribution in [3.63, 3.8) is 0 Å². The van der Waals surface area contributed by atoms with E-state index in [-0.39, 0.29) is 0 Å². The number of hydrogen-bond acceptors (Lipinski definition) is 3. The van der Waals surface area contributed by atoms with E-state index >= 15 is 0 Å². The van der Waals surface area contributed by atoms with Gasteiger partial charge in [-0.25, -0.2) is 4.98 Å². The molecule has 1 saturated carbocycles. The van der Waals surface area contributed by atoms with E-state index in [1.807, 2.05) is 0 Å². The molecule has 0 unspecified atom stereocenters. The van der Waals surface area contributed by atoms with Crippen LogP contribution in [0, 0.1) is 0 Å². The molecule has 0 spiro atoms. The van der Waals surface area contributed by atoms with Crippen molar-refractivity contribution in [3.05, 3.63) is 44.7 Å². The van der Waals surface area contributed by atoms with Crippen molar-refractivity contribution in [3.8, 4) is 11.6 Å². The van der Waals surface area contributed by atoms with Crippen molar-refractivity contribution >= 4 is 39.1 Å². The van der Waals surface area contributed by atoms with E-state index in [1.165, 1.54) is 0 Å². The van der Waals surface area contributed by atoms with Gasteiger partial charge in [-0.05, 0) is 40.9 Å². The minimum absolute atomic E-state index is 0.453. The molecule has 0 radical (unpaired) electrons. The summed E-state index contributed by atoms with van der Waals surface area (Å²) in [6.07, 6.45) is 2.27. The summed E-state index contributed by atoms with van der Waals surface area (Å²) in [7, 11) is 0. The summed E-state index contributed by atoms with van der Waals surface area (Å²) in [5, 5.41) is 1.06. The molecule has 1 aliphatic rings. The number of halogens is 3. The Kier molecular flexibility index (Phi) is 3.65. The zero-order valence-electron chi connectivity index (χ0n) is 9.74. The molecular weight excluding hydrogens is 351 g/mol. The molecule has 3 rings (SSSR count). The SMILES string of the molecule is Clc1ccc(Cl)c(Oc2cc(Br)nc(C3CC3)n2)c1. The molecule has 1 fully saturated rings. The average Bonchev–Trinajstić information content (AvgIpc) is 3.17. The number of nitrogens with zero attached hydrogens (tertiary/aromatic N) is 2. The second kappa shape index (κ2) is 5.27. The summed E-state index contributed by atoms with van der Waals surface area (Å²) in [6.45, 7) is 0. The lowest BCUT2D eigenvalue weighted by Crippen LogP contribution is -1.96. The maximum absolute atomic E-state index is 6.06. The molecule has 0 atom stereocenters. The molecule has 0 bridgehead atoms. The standard InChI is InChI=1S/C13H9BrCl2N2O/c14-11-6-12(18-13(17-11)7-1-2-7)19-10-5-8(15)3-4-9(10)16/h3-7H,1-2H2. The monoisotopic (exact) mass is 358 g/mol. The molecule has 1 heterocycles. The van der Waals surface area contributed by atoms with Crippen molar-refractivity contribution in [1.29, 1.82) is 0 Å². The van der Waals surface area contributed by atoms with Gasteiger partial charge in [0.25, 0.3) is 0 Å². The molecule has 3 nitrogen and oxygen atoms in total. The second-order valence-electron chi connectivity index (χ2n) is 4.34. The lowest BCUT2D eigenvalue weighted by Gasteiger charge is -2.08. The summed E-state index contributed by atoms with van der Waals surface area (Å²) in [5.41, 5.74) is 0. The number of aromatic nitrogens is 2. The quantitative estimate of drug-likeness (QED) is 0.705. The zero-order valence-corrected chi connectivity index (χ0v) is 12.8. The van der Waals surface area contributed by atoms with Gasteiger partial charge >= 0.3 is 0 Å². The van der Waals surface area contributed by atoms with Crippen LogP contribution in [-0.4, -0.2) is 9.97 Å². The summed E-state index contributed by atoms with van der Waals surface area (Å²) in [6, 6.07) is 6.78. The minimum atomic E-state index is 0.453. The van der Waals surface area contributed by atoms with Gasteiger partial charge in [0.1, 0.15) is 16.2 Å². The van der Waals surface area contributed by atoms with Crippen LogP contribution in [0.3, 0.4) is 0 Å². The molecule has 0 amide bonds. The first-order valence-electron chi connectivity index (χ1n) is 5.79. The second-order valence-corrected chi connectivity index (χ2v) is 5.99. The fourth-order valence-corrected chi connectivity index (χ4v) is 2.35. The summed E-state index contributed by atoms with van der Waals surface area (Å²) in [4.78, 5) is 8.74. The normalized spacial score (nSPS) is 14.5. The molecule has 6 heteroatoms. The van der Waals surface area contributed by atoms with Crippen molar-refractivity contribution in [1.82, 2.24) is 9.97 Å². The Hall–Kier alpha value is -0.840. The predicted molar refractivity (Wildman–Crippen MR) is 78.2 cm³/mol. The third-order valence-electron chi connectivity index (χ3n) is 2.74. The Morgan fingerprint density at radius 2 is 1.95 bits per heavy atom. The fraction of sp³-hybridized carbons (Fsp3) is 0.231. The Balaban J connectivity index is 1.92. The van der Waals surface area contributed by atoms with Gasteiger partial charge in [-0.15, -0.1) is 0 Å². The van der Waals surface area contributed by atoms with Gasteiger partial charge in [-0.2, -0.15) is 4.98 Å². The molecule has 98 valence electrons. The van der Waals surface area contributed by atoms with Crippen LogP contribution in [0.25, 0.3) is 0 Å². The van der Waals surface area contributed by atoms with Crippen molar-refractivity contribution < 1.29 is 4.74 Å². The van der Waals surface area contributed by atoms with Gasteiger partial charge in [0, 0.05) is 23.1 Å². The average molecular weight is 360 g/mol. The third kappa shape index (κ3) is 3.19. The van der Waals surface area contributed by atoms with Crippen molar-refractivity contribution in [2.75, 3.05) is 0 Å². The largest absolute Gasteiger partial charge is 0.437 e. The highest BCUT2D eigenvalue weighted by molar-refractivity contribution is 9.10. The van der Waals surface area contributed by atoms with Crippen LogP contribution < -0.4 is 4.74 Å². The van der Waals surface area contributed by atoms with E-state index in [9.17, 15) is 0 Å². The topological polar surface area (TPSA) is 35.0 Å². The third-order valence-corrected chi connectivity index (χ3v) is 3.69. The Morgan fingerprint density at radius 1 is 1.16 bits per heavy atom. The number of ether oxygens (including phenoxy) is 1. The van der Waals surface area contributed by atoms with E-state index in [1.54, 1.807) is 24.3 Å². The van der Waals surface area contributed by atoms with Crippen LogP contribution in [0.15, 0.2) is 28.9 Å². The van der Waals surface area contributed by atoms with Crippen molar-refractivity contribution in [2.24, 2.45) is 0 Å². The Labute approximate surface area is 129 Å². The van der Waals surface area contributed by atoms with E-state index in [0.717, 1.165) is 18.7 Å². The fourth-order valence-electron chi connectivity index (χ4n) is 1.66. The first-order chi connectivity index (χ1) is 9.11. The number of rotatable bonds is 3. The lowest BCUT2D eigenvalue weighted by atomic mass is 10.3. The molecule has 19 heavy (non-hydrogen) atoms.